The Bertz CT molecular complexity index is 707. The summed E-state index contributed by atoms with van der Waals surface area (Å²) in [7, 11) is 3.57. The van der Waals surface area contributed by atoms with Crippen LogP contribution in [0.15, 0.2) is 16.1 Å². The highest BCUT2D eigenvalue weighted by Gasteiger charge is 2.17. The number of aliphatic imine (C=N–C) groups is 1. The molecule has 120 valence electrons. The summed E-state index contributed by atoms with van der Waals surface area (Å²) < 4.78 is 6.72. The highest BCUT2D eigenvalue weighted by Crippen LogP contribution is 2.16. The topological polar surface area (TPSA) is 129 Å². The highest BCUT2D eigenvalue weighted by atomic mass is 16.5. The quantitative estimate of drug-likeness (QED) is 0.434. The first-order chi connectivity index (χ1) is 10.6. The molecule has 1 unspecified atom stereocenters. The zero-order valence-corrected chi connectivity index (χ0v) is 12.3. The number of hydrogen-bond donors (Lipinski definition) is 3. The van der Waals surface area contributed by atoms with E-state index in [2.05, 4.69) is 19.9 Å². The van der Waals surface area contributed by atoms with Gasteiger partial charge in [0.2, 0.25) is 5.95 Å². The summed E-state index contributed by atoms with van der Waals surface area (Å²) in [6.07, 6.45) is 2.05. The van der Waals surface area contributed by atoms with Crippen molar-refractivity contribution in [3.63, 3.8) is 0 Å². The molecular weight excluding hydrogens is 292 g/mol. The van der Waals surface area contributed by atoms with Gasteiger partial charge in [0, 0.05) is 14.1 Å². The molecule has 2 rings (SSSR count). The van der Waals surface area contributed by atoms with Crippen molar-refractivity contribution in [1.29, 1.82) is 0 Å². The number of ether oxygens (including phenoxy) is 1. The van der Waals surface area contributed by atoms with Gasteiger partial charge in [-0.1, -0.05) is 0 Å². The van der Waals surface area contributed by atoms with Gasteiger partial charge < -0.3 is 19.8 Å². The lowest BCUT2D eigenvalue weighted by Gasteiger charge is -2.16. The molecule has 10 nitrogen and oxygen atoms in total. The predicted octanol–water partition coefficient (Wildman–Crippen LogP) is -1.16. The van der Waals surface area contributed by atoms with Gasteiger partial charge in [-0.2, -0.15) is 4.98 Å². The zero-order chi connectivity index (χ0) is 16.1. The van der Waals surface area contributed by atoms with Crippen molar-refractivity contribution in [2.24, 2.45) is 4.99 Å². The first-order valence-electron chi connectivity index (χ1n) is 6.57. The first-order valence-corrected chi connectivity index (χ1v) is 6.57. The molecule has 0 spiro atoms. The number of nitrogens with zero attached hydrogens (tertiary/aromatic N) is 5. The summed E-state index contributed by atoms with van der Waals surface area (Å²) in [5, 5.41) is 18.2. The molecule has 2 aromatic rings. The van der Waals surface area contributed by atoms with Crippen LogP contribution in [0.1, 0.15) is 6.23 Å². The maximum Gasteiger partial charge on any atom is 0.280 e. The molecule has 10 heteroatoms. The Morgan fingerprint density at radius 2 is 2.32 bits per heavy atom. The molecule has 0 amide bonds. The molecular formula is C12H18N6O4. The summed E-state index contributed by atoms with van der Waals surface area (Å²) in [5.74, 6) is 0.117. The van der Waals surface area contributed by atoms with Gasteiger partial charge in [0.25, 0.3) is 5.56 Å². The number of aliphatic hydroxyl groups is 2. The number of nitrogens with one attached hydrogen (secondary N) is 1. The van der Waals surface area contributed by atoms with Crippen molar-refractivity contribution in [2.45, 2.75) is 6.23 Å². The van der Waals surface area contributed by atoms with Crippen molar-refractivity contribution in [2.75, 3.05) is 33.9 Å². The minimum atomic E-state index is -0.794. The smallest absolute Gasteiger partial charge is 0.280 e. The van der Waals surface area contributed by atoms with E-state index in [0.29, 0.717) is 0 Å². The van der Waals surface area contributed by atoms with Crippen molar-refractivity contribution >= 4 is 23.5 Å². The van der Waals surface area contributed by atoms with Crippen LogP contribution in [0.5, 0.6) is 0 Å². The Hall–Kier alpha value is -2.30. The van der Waals surface area contributed by atoms with E-state index in [-0.39, 0.29) is 36.9 Å². The lowest BCUT2D eigenvalue weighted by atomic mass is 10.5. The summed E-state index contributed by atoms with van der Waals surface area (Å²) in [6, 6.07) is 0. The predicted molar refractivity (Wildman–Crippen MR) is 79.1 cm³/mol. The number of imidazole rings is 1. The number of aliphatic hydroxyl groups excluding tert-OH is 2. The second-order valence-electron chi connectivity index (χ2n) is 4.65. The van der Waals surface area contributed by atoms with E-state index in [9.17, 15) is 9.90 Å². The number of rotatable bonds is 7. The molecule has 22 heavy (non-hydrogen) atoms. The molecule has 1 atom stereocenters. The molecule has 0 radical (unpaired) electrons. The second-order valence-corrected chi connectivity index (χ2v) is 4.65. The van der Waals surface area contributed by atoms with E-state index in [1.54, 1.807) is 19.0 Å². The molecule has 0 aliphatic heterocycles. The third-order valence-corrected chi connectivity index (χ3v) is 2.70. The van der Waals surface area contributed by atoms with E-state index >= 15 is 0 Å². The van der Waals surface area contributed by atoms with Gasteiger partial charge >= 0.3 is 0 Å². The van der Waals surface area contributed by atoms with Crippen LogP contribution in [-0.2, 0) is 4.74 Å². The molecule has 0 saturated carbocycles. The summed E-state index contributed by atoms with van der Waals surface area (Å²) >= 11 is 0. The fourth-order valence-electron chi connectivity index (χ4n) is 1.77. The van der Waals surface area contributed by atoms with Crippen molar-refractivity contribution < 1.29 is 14.9 Å². The lowest BCUT2D eigenvalue weighted by Crippen LogP contribution is -2.19. The zero-order valence-electron chi connectivity index (χ0n) is 12.3. The molecule has 0 bridgehead atoms. The maximum atomic E-state index is 12.0. The summed E-state index contributed by atoms with van der Waals surface area (Å²) in [4.78, 5) is 28.4. The third kappa shape index (κ3) is 3.47. The van der Waals surface area contributed by atoms with Gasteiger partial charge in [0.05, 0.1) is 32.5 Å². The minimum Gasteiger partial charge on any atom is -0.394 e. The van der Waals surface area contributed by atoms with Gasteiger partial charge in [-0.05, 0) is 0 Å². The number of hydrogen-bond acceptors (Lipinski definition) is 7. The standard InChI is InChI=1S/C12H18N6O4/c1-17(2)6-14-12-15-10-9(11(21)16-12)13-7-18(10)8(5-20)22-4-3-19/h6-8,19-20H,3-5H2,1-2H3,(H,15,16,21). The Balaban J connectivity index is 2.45. The number of aromatic amines is 1. The van der Waals surface area contributed by atoms with Gasteiger partial charge in [0.15, 0.2) is 17.4 Å². The van der Waals surface area contributed by atoms with Crippen LogP contribution in [0.25, 0.3) is 11.2 Å². The average molecular weight is 310 g/mol. The molecule has 3 N–H and O–H groups in total. The summed E-state index contributed by atoms with van der Waals surface area (Å²) in [5.41, 5.74) is -0.0741. The number of H-pyrrole nitrogens is 1. The van der Waals surface area contributed by atoms with Crippen molar-refractivity contribution in [3.05, 3.63) is 16.7 Å². The van der Waals surface area contributed by atoms with Gasteiger partial charge in [-0.25, -0.2) is 9.98 Å². The minimum absolute atomic E-state index is 0.0414. The fourth-order valence-corrected chi connectivity index (χ4v) is 1.77. The molecule has 0 saturated heterocycles. The summed E-state index contributed by atoms with van der Waals surface area (Å²) in [6.45, 7) is -0.495. The third-order valence-electron chi connectivity index (χ3n) is 2.70. The van der Waals surface area contributed by atoms with Crippen molar-refractivity contribution in [1.82, 2.24) is 24.4 Å². The van der Waals surface area contributed by atoms with Crippen molar-refractivity contribution in [3.8, 4) is 0 Å². The Kier molecular flexibility index (Phi) is 5.20. The first kappa shape index (κ1) is 16.1. The highest BCUT2D eigenvalue weighted by molar-refractivity contribution is 5.71. The molecule has 0 aliphatic rings. The Morgan fingerprint density at radius 1 is 1.55 bits per heavy atom. The molecule has 2 heterocycles. The largest absolute Gasteiger partial charge is 0.394 e. The molecule has 0 aliphatic carbocycles. The maximum absolute atomic E-state index is 12.0. The monoisotopic (exact) mass is 310 g/mol. The van der Waals surface area contributed by atoms with Crippen LogP contribution >= 0.6 is 0 Å². The second kappa shape index (κ2) is 7.11. The average Bonchev–Trinajstić information content (AvgIpc) is 2.91. The number of fused-ring (bicyclic) bond motifs is 1. The van der Waals surface area contributed by atoms with E-state index < -0.39 is 11.8 Å². The van der Waals surface area contributed by atoms with E-state index in [1.165, 1.54) is 17.2 Å². The molecule has 0 fully saturated rings. The van der Waals surface area contributed by atoms with Crippen LogP contribution in [0.3, 0.4) is 0 Å². The molecule has 0 aromatic carbocycles. The van der Waals surface area contributed by atoms with E-state index in [4.69, 9.17) is 9.84 Å². The van der Waals surface area contributed by atoms with Crippen LogP contribution in [0.2, 0.25) is 0 Å². The normalized spacial score (nSPS) is 13.1. The van der Waals surface area contributed by atoms with Gasteiger partial charge in [0.1, 0.15) is 0 Å². The van der Waals surface area contributed by atoms with Gasteiger partial charge in [-0.15, -0.1) is 0 Å². The SMILES string of the molecule is CN(C)C=Nc1nc2c(ncn2C(CO)OCCO)c(=O)[nH]1. The van der Waals surface area contributed by atoms with E-state index in [1.807, 2.05) is 0 Å². The van der Waals surface area contributed by atoms with Crippen LogP contribution in [0.4, 0.5) is 5.95 Å². The van der Waals surface area contributed by atoms with Crippen LogP contribution in [0, 0.1) is 0 Å². The number of aromatic nitrogens is 4. The van der Waals surface area contributed by atoms with Crippen LogP contribution < -0.4 is 5.56 Å². The lowest BCUT2D eigenvalue weighted by molar-refractivity contribution is -0.0444. The fraction of sp³-hybridized carbons (Fsp3) is 0.500. The van der Waals surface area contributed by atoms with Gasteiger partial charge in [-0.3, -0.25) is 14.3 Å². The molecule has 2 aromatic heterocycles. The van der Waals surface area contributed by atoms with Crippen LogP contribution in [-0.4, -0.2) is 74.9 Å². The van der Waals surface area contributed by atoms with E-state index in [0.717, 1.165) is 0 Å². The Labute approximate surface area is 125 Å². The Morgan fingerprint density at radius 3 is 2.95 bits per heavy atom.